The highest BCUT2D eigenvalue weighted by molar-refractivity contribution is 6.10. The molecular formula is C23H21F2N3O2. The number of nitrogens with one attached hydrogen (secondary N) is 2. The SMILES string of the molecule is CN(CC(=O)Nc1ccccc1C(=O)Nc1ccc(F)cc1)Cc1ccccc1F. The van der Waals surface area contributed by atoms with E-state index in [0.29, 0.717) is 16.9 Å². The number of hydrogen-bond donors (Lipinski definition) is 2. The molecule has 0 aliphatic rings. The summed E-state index contributed by atoms with van der Waals surface area (Å²) < 4.78 is 26.8. The number of anilines is 2. The Kier molecular flexibility index (Phi) is 6.87. The highest BCUT2D eigenvalue weighted by Gasteiger charge is 2.15. The van der Waals surface area contributed by atoms with E-state index in [1.807, 2.05) is 0 Å². The van der Waals surface area contributed by atoms with Gasteiger partial charge in [-0.25, -0.2) is 8.78 Å². The van der Waals surface area contributed by atoms with Crippen LogP contribution in [0.5, 0.6) is 0 Å². The van der Waals surface area contributed by atoms with Crippen molar-refractivity contribution >= 4 is 23.2 Å². The number of carbonyl (C=O) groups excluding carboxylic acids is 2. The van der Waals surface area contributed by atoms with Crippen LogP contribution in [0.1, 0.15) is 15.9 Å². The fourth-order valence-electron chi connectivity index (χ4n) is 2.93. The van der Waals surface area contributed by atoms with Crippen LogP contribution in [0.15, 0.2) is 72.8 Å². The van der Waals surface area contributed by atoms with Crippen LogP contribution in [-0.4, -0.2) is 30.3 Å². The molecule has 0 radical (unpaired) electrons. The molecule has 0 saturated heterocycles. The summed E-state index contributed by atoms with van der Waals surface area (Å²) >= 11 is 0. The average Bonchev–Trinajstić information content (AvgIpc) is 2.71. The van der Waals surface area contributed by atoms with E-state index >= 15 is 0 Å². The molecule has 3 aromatic carbocycles. The van der Waals surface area contributed by atoms with Crippen LogP contribution < -0.4 is 10.6 Å². The van der Waals surface area contributed by atoms with Crippen LogP contribution in [0.2, 0.25) is 0 Å². The lowest BCUT2D eigenvalue weighted by molar-refractivity contribution is -0.117. The lowest BCUT2D eigenvalue weighted by atomic mass is 10.1. The smallest absolute Gasteiger partial charge is 0.257 e. The van der Waals surface area contributed by atoms with Crippen LogP contribution in [0.3, 0.4) is 0 Å². The quantitative estimate of drug-likeness (QED) is 0.612. The number of amides is 2. The fraction of sp³-hybridized carbons (Fsp3) is 0.130. The Bertz CT molecular complexity index is 1040. The molecule has 2 amide bonds. The summed E-state index contributed by atoms with van der Waals surface area (Å²) in [6.07, 6.45) is 0. The molecule has 0 bridgehead atoms. The van der Waals surface area contributed by atoms with Gasteiger partial charge < -0.3 is 10.6 Å². The zero-order chi connectivity index (χ0) is 21.5. The van der Waals surface area contributed by atoms with Gasteiger partial charge in [-0.3, -0.25) is 14.5 Å². The van der Waals surface area contributed by atoms with Gasteiger partial charge in [0.1, 0.15) is 11.6 Å². The van der Waals surface area contributed by atoms with Gasteiger partial charge >= 0.3 is 0 Å². The average molecular weight is 409 g/mol. The van der Waals surface area contributed by atoms with Crippen molar-refractivity contribution in [3.63, 3.8) is 0 Å². The summed E-state index contributed by atoms with van der Waals surface area (Å²) in [4.78, 5) is 26.7. The topological polar surface area (TPSA) is 61.4 Å². The van der Waals surface area contributed by atoms with Crippen LogP contribution >= 0.6 is 0 Å². The van der Waals surface area contributed by atoms with Crippen LogP contribution in [0.25, 0.3) is 0 Å². The molecule has 7 heteroatoms. The minimum absolute atomic E-state index is 0.0161. The number of likely N-dealkylation sites (N-methyl/N-ethyl adjacent to an activating group) is 1. The van der Waals surface area contributed by atoms with Gasteiger partial charge in [-0.05, 0) is 49.5 Å². The van der Waals surface area contributed by atoms with Crippen LogP contribution in [-0.2, 0) is 11.3 Å². The summed E-state index contributed by atoms with van der Waals surface area (Å²) in [5, 5.41) is 5.39. The van der Waals surface area contributed by atoms with E-state index in [9.17, 15) is 18.4 Å². The van der Waals surface area contributed by atoms with Crippen molar-refractivity contribution in [1.82, 2.24) is 4.90 Å². The predicted octanol–water partition coefficient (Wildman–Crippen LogP) is 4.29. The summed E-state index contributed by atoms with van der Waals surface area (Å²) in [6.45, 7) is 0.287. The number of rotatable bonds is 7. The number of para-hydroxylation sites is 1. The van der Waals surface area contributed by atoms with Gasteiger partial charge in [-0.15, -0.1) is 0 Å². The van der Waals surface area contributed by atoms with Gasteiger partial charge in [0.05, 0.1) is 17.8 Å². The van der Waals surface area contributed by atoms with E-state index < -0.39 is 11.7 Å². The zero-order valence-electron chi connectivity index (χ0n) is 16.4. The largest absolute Gasteiger partial charge is 0.324 e. The molecule has 0 heterocycles. The predicted molar refractivity (Wildman–Crippen MR) is 112 cm³/mol. The summed E-state index contributed by atoms with van der Waals surface area (Å²) in [6, 6.07) is 18.4. The normalized spacial score (nSPS) is 10.7. The summed E-state index contributed by atoms with van der Waals surface area (Å²) in [5.41, 5.74) is 1.55. The van der Waals surface area contributed by atoms with Gasteiger partial charge in [-0.1, -0.05) is 30.3 Å². The van der Waals surface area contributed by atoms with Crippen molar-refractivity contribution in [2.24, 2.45) is 0 Å². The molecule has 0 aromatic heterocycles. The maximum absolute atomic E-state index is 13.8. The molecule has 0 aliphatic heterocycles. The third-order valence-corrected chi connectivity index (χ3v) is 4.36. The highest BCUT2D eigenvalue weighted by atomic mass is 19.1. The second kappa shape index (κ2) is 9.76. The number of hydrogen-bond acceptors (Lipinski definition) is 3. The Morgan fingerprint density at radius 1 is 0.867 bits per heavy atom. The van der Waals surface area contributed by atoms with Crippen molar-refractivity contribution in [3.05, 3.63) is 95.6 Å². The highest BCUT2D eigenvalue weighted by Crippen LogP contribution is 2.18. The first-order valence-corrected chi connectivity index (χ1v) is 9.30. The van der Waals surface area contributed by atoms with Crippen molar-refractivity contribution in [1.29, 1.82) is 0 Å². The monoisotopic (exact) mass is 409 g/mol. The van der Waals surface area contributed by atoms with Gasteiger partial charge in [0.15, 0.2) is 0 Å². The molecule has 0 saturated carbocycles. The molecule has 3 aromatic rings. The third kappa shape index (κ3) is 5.71. The molecule has 3 rings (SSSR count). The Morgan fingerprint density at radius 3 is 2.27 bits per heavy atom. The maximum atomic E-state index is 13.8. The van der Waals surface area contributed by atoms with Crippen molar-refractivity contribution in [3.8, 4) is 0 Å². The fourth-order valence-corrected chi connectivity index (χ4v) is 2.93. The molecule has 30 heavy (non-hydrogen) atoms. The first-order valence-electron chi connectivity index (χ1n) is 9.30. The summed E-state index contributed by atoms with van der Waals surface area (Å²) in [7, 11) is 1.71. The maximum Gasteiger partial charge on any atom is 0.257 e. The van der Waals surface area contributed by atoms with Gasteiger partial charge in [0.25, 0.3) is 5.91 Å². The Balaban J connectivity index is 1.63. The second-order valence-electron chi connectivity index (χ2n) is 6.82. The number of benzene rings is 3. The Morgan fingerprint density at radius 2 is 1.53 bits per heavy atom. The number of carbonyl (C=O) groups is 2. The lowest BCUT2D eigenvalue weighted by Gasteiger charge is -2.17. The molecule has 0 atom stereocenters. The van der Waals surface area contributed by atoms with Crippen LogP contribution in [0.4, 0.5) is 20.2 Å². The molecule has 0 unspecified atom stereocenters. The number of halogens is 2. The van der Waals surface area contributed by atoms with Crippen LogP contribution in [0, 0.1) is 11.6 Å². The third-order valence-electron chi connectivity index (χ3n) is 4.36. The first-order chi connectivity index (χ1) is 14.4. The molecule has 0 spiro atoms. The van der Waals surface area contributed by atoms with Gasteiger partial charge in [0, 0.05) is 17.8 Å². The zero-order valence-corrected chi connectivity index (χ0v) is 16.4. The van der Waals surface area contributed by atoms with Crippen molar-refractivity contribution in [2.75, 3.05) is 24.2 Å². The van der Waals surface area contributed by atoms with Crippen molar-refractivity contribution < 1.29 is 18.4 Å². The molecular weight excluding hydrogens is 388 g/mol. The minimum atomic E-state index is -0.433. The minimum Gasteiger partial charge on any atom is -0.324 e. The lowest BCUT2D eigenvalue weighted by Crippen LogP contribution is -2.30. The Hall–Kier alpha value is -3.58. The molecule has 154 valence electrons. The summed E-state index contributed by atoms with van der Waals surface area (Å²) in [5.74, 6) is -1.50. The molecule has 2 N–H and O–H groups in total. The Labute approximate surface area is 173 Å². The second-order valence-corrected chi connectivity index (χ2v) is 6.82. The van der Waals surface area contributed by atoms with E-state index in [1.54, 1.807) is 54.4 Å². The number of nitrogens with zero attached hydrogens (tertiary/aromatic N) is 1. The van der Waals surface area contributed by atoms with E-state index in [1.165, 1.54) is 30.3 Å². The molecule has 5 nitrogen and oxygen atoms in total. The van der Waals surface area contributed by atoms with E-state index in [-0.39, 0.29) is 30.4 Å². The van der Waals surface area contributed by atoms with Crippen molar-refractivity contribution in [2.45, 2.75) is 6.54 Å². The van der Waals surface area contributed by atoms with Gasteiger partial charge in [0.2, 0.25) is 5.91 Å². The van der Waals surface area contributed by atoms with Gasteiger partial charge in [-0.2, -0.15) is 0 Å². The molecule has 0 aliphatic carbocycles. The van der Waals surface area contributed by atoms with E-state index in [0.717, 1.165) is 0 Å². The standard InChI is InChI=1S/C23H21F2N3O2/c1-28(14-16-6-2-4-8-20(16)25)15-22(29)27-21-9-5-3-7-19(21)23(30)26-18-12-10-17(24)11-13-18/h2-13H,14-15H2,1H3,(H,26,30)(H,27,29). The molecule has 0 fully saturated rings. The van der Waals surface area contributed by atoms with E-state index in [4.69, 9.17) is 0 Å². The van der Waals surface area contributed by atoms with E-state index in [2.05, 4.69) is 10.6 Å². The first kappa shape index (κ1) is 21.1.